The summed E-state index contributed by atoms with van der Waals surface area (Å²) in [5, 5.41) is 10.3. The van der Waals surface area contributed by atoms with Crippen molar-refractivity contribution < 1.29 is 4.42 Å². The van der Waals surface area contributed by atoms with E-state index in [0.717, 1.165) is 48.6 Å². The van der Waals surface area contributed by atoms with Crippen LogP contribution in [0.3, 0.4) is 0 Å². The molecule has 2 aromatic heterocycles. The SMILES string of the molecule is Cc1ccc(Nc2ncc(-c3ccoc3)c(NC3CCNCC3)n2)cc1. The van der Waals surface area contributed by atoms with Gasteiger partial charge in [0, 0.05) is 29.1 Å². The van der Waals surface area contributed by atoms with Crippen molar-refractivity contribution in [1.82, 2.24) is 15.3 Å². The number of rotatable bonds is 5. The first kappa shape index (κ1) is 16.6. The van der Waals surface area contributed by atoms with Gasteiger partial charge in [-0.3, -0.25) is 0 Å². The van der Waals surface area contributed by atoms with Crippen LogP contribution in [0.1, 0.15) is 18.4 Å². The van der Waals surface area contributed by atoms with E-state index in [1.54, 1.807) is 12.5 Å². The lowest BCUT2D eigenvalue weighted by Crippen LogP contribution is -2.35. The Bertz CT molecular complexity index is 839. The maximum atomic E-state index is 5.24. The van der Waals surface area contributed by atoms with E-state index in [9.17, 15) is 0 Å². The van der Waals surface area contributed by atoms with Gasteiger partial charge < -0.3 is 20.4 Å². The summed E-state index contributed by atoms with van der Waals surface area (Å²) in [6.07, 6.45) is 7.39. The van der Waals surface area contributed by atoms with Crippen LogP contribution < -0.4 is 16.0 Å². The van der Waals surface area contributed by atoms with Crippen LogP contribution in [-0.2, 0) is 0 Å². The Balaban J connectivity index is 1.61. The summed E-state index contributed by atoms with van der Waals surface area (Å²) in [4.78, 5) is 9.23. The molecule has 6 nitrogen and oxygen atoms in total. The van der Waals surface area contributed by atoms with E-state index in [2.05, 4.69) is 40.0 Å². The fourth-order valence-electron chi connectivity index (χ4n) is 3.11. The number of aromatic nitrogens is 2. The van der Waals surface area contributed by atoms with Gasteiger partial charge in [0.1, 0.15) is 5.82 Å². The van der Waals surface area contributed by atoms with Crippen LogP contribution >= 0.6 is 0 Å². The zero-order valence-corrected chi connectivity index (χ0v) is 14.8. The lowest BCUT2D eigenvalue weighted by Gasteiger charge is -2.25. The van der Waals surface area contributed by atoms with Crippen LogP contribution in [0.2, 0.25) is 0 Å². The van der Waals surface area contributed by atoms with E-state index in [1.165, 1.54) is 5.56 Å². The average Bonchev–Trinajstić information content (AvgIpc) is 3.19. The molecule has 1 aromatic carbocycles. The van der Waals surface area contributed by atoms with Crippen molar-refractivity contribution in [3.8, 4) is 11.1 Å². The van der Waals surface area contributed by atoms with E-state index >= 15 is 0 Å². The molecule has 1 saturated heterocycles. The summed E-state index contributed by atoms with van der Waals surface area (Å²) < 4.78 is 5.24. The fraction of sp³-hybridized carbons (Fsp3) is 0.300. The number of anilines is 3. The molecule has 1 fully saturated rings. The highest BCUT2D eigenvalue weighted by Gasteiger charge is 2.17. The van der Waals surface area contributed by atoms with Crippen molar-refractivity contribution in [3.05, 3.63) is 54.6 Å². The highest BCUT2D eigenvalue weighted by molar-refractivity contribution is 5.75. The summed E-state index contributed by atoms with van der Waals surface area (Å²) in [7, 11) is 0. The molecule has 4 rings (SSSR count). The molecule has 1 aliphatic heterocycles. The molecule has 0 amide bonds. The second-order valence-electron chi connectivity index (χ2n) is 6.63. The zero-order valence-electron chi connectivity index (χ0n) is 14.8. The Hall–Kier alpha value is -2.86. The van der Waals surface area contributed by atoms with Crippen LogP contribution in [0.5, 0.6) is 0 Å². The molecule has 0 saturated carbocycles. The van der Waals surface area contributed by atoms with Gasteiger partial charge in [0.25, 0.3) is 0 Å². The number of nitrogens with one attached hydrogen (secondary N) is 3. The summed E-state index contributed by atoms with van der Waals surface area (Å²) in [6, 6.07) is 10.5. The number of aryl methyl sites for hydroxylation is 1. The van der Waals surface area contributed by atoms with Gasteiger partial charge in [0.05, 0.1) is 12.5 Å². The van der Waals surface area contributed by atoms with Gasteiger partial charge in [-0.15, -0.1) is 0 Å². The van der Waals surface area contributed by atoms with E-state index in [-0.39, 0.29) is 0 Å². The van der Waals surface area contributed by atoms with Gasteiger partial charge in [-0.1, -0.05) is 17.7 Å². The Labute approximate surface area is 153 Å². The molecule has 0 unspecified atom stereocenters. The van der Waals surface area contributed by atoms with Crippen molar-refractivity contribution >= 4 is 17.5 Å². The van der Waals surface area contributed by atoms with Gasteiger partial charge in [-0.05, 0) is 51.1 Å². The normalized spacial score (nSPS) is 15.0. The highest BCUT2D eigenvalue weighted by atomic mass is 16.3. The molecule has 6 heteroatoms. The summed E-state index contributed by atoms with van der Waals surface area (Å²) >= 11 is 0. The molecule has 1 aliphatic rings. The van der Waals surface area contributed by atoms with Crippen molar-refractivity contribution in [2.75, 3.05) is 23.7 Å². The van der Waals surface area contributed by atoms with Crippen LogP contribution in [-0.4, -0.2) is 29.1 Å². The molecule has 0 atom stereocenters. The van der Waals surface area contributed by atoms with Crippen molar-refractivity contribution in [2.45, 2.75) is 25.8 Å². The smallest absolute Gasteiger partial charge is 0.229 e. The minimum Gasteiger partial charge on any atom is -0.472 e. The topological polar surface area (TPSA) is 75.0 Å². The quantitative estimate of drug-likeness (QED) is 0.647. The summed E-state index contributed by atoms with van der Waals surface area (Å²) in [5.41, 5.74) is 4.12. The average molecular weight is 349 g/mol. The largest absolute Gasteiger partial charge is 0.472 e. The predicted molar refractivity (Wildman–Crippen MR) is 104 cm³/mol. The Morgan fingerprint density at radius 3 is 2.65 bits per heavy atom. The predicted octanol–water partition coefficient (Wildman–Crippen LogP) is 3.95. The van der Waals surface area contributed by atoms with Crippen molar-refractivity contribution in [3.63, 3.8) is 0 Å². The number of furan rings is 1. The van der Waals surface area contributed by atoms with E-state index in [4.69, 9.17) is 9.40 Å². The lowest BCUT2D eigenvalue weighted by molar-refractivity contribution is 0.478. The fourth-order valence-corrected chi connectivity index (χ4v) is 3.11. The summed E-state index contributed by atoms with van der Waals surface area (Å²) in [6.45, 7) is 4.12. The van der Waals surface area contributed by atoms with E-state index in [0.29, 0.717) is 12.0 Å². The second kappa shape index (κ2) is 7.58. The number of piperidine rings is 1. The van der Waals surface area contributed by atoms with Crippen molar-refractivity contribution in [1.29, 1.82) is 0 Å². The van der Waals surface area contributed by atoms with Gasteiger partial charge >= 0.3 is 0 Å². The van der Waals surface area contributed by atoms with Crippen LogP contribution in [0.15, 0.2) is 53.5 Å². The van der Waals surface area contributed by atoms with Gasteiger partial charge in [-0.2, -0.15) is 4.98 Å². The van der Waals surface area contributed by atoms with E-state index < -0.39 is 0 Å². The van der Waals surface area contributed by atoms with Crippen molar-refractivity contribution in [2.24, 2.45) is 0 Å². The Morgan fingerprint density at radius 2 is 1.92 bits per heavy atom. The van der Waals surface area contributed by atoms with Gasteiger partial charge in [0.15, 0.2) is 0 Å². The summed E-state index contributed by atoms with van der Waals surface area (Å²) in [5.74, 6) is 1.42. The third-order valence-corrected chi connectivity index (χ3v) is 4.61. The second-order valence-corrected chi connectivity index (χ2v) is 6.63. The monoisotopic (exact) mass is 349 g/mol. The molecule has 0 radical (unpaired) electrons. The van der Waals surface area contributed by atoms with Crippen LogP contribution in [0, 0.1) is 6.92 Å². The minimum atomic E-state index is 0.407. The first-order valence-electron chi connectivity index (χ1n) is 8.98. The molecule has 3 N–H and O–H groups in total. The van der Waals surface area contributed by atoms with Crippen LogP contribution in [0.4, 0.5) is 17.5 Å². The maximum absolute atomic E-state index is 5.24. The molecular weight excluding hydrogens is 326 g/mol. The van der Waals surface area contributed by atoms with Crippen LogP contribution in [0.25, 0.3) is 11.1 Å². The number of nitrogens with zero attached hydrogens (tertiary/aromatic N) is 2. The maximum Gasteiger partial charge on any atom is 0.229 e. The number of benzene rings is 1. The number of hydrogen-bond acceptors (Lipinski definition) is 6. The Kier molecular flexibility index (Phi) is 4.84. The molecular formula is C20H23N5O. The lowest BCUT2D eigenvalue weighted by atomic mass is 10.1. The molecule has 134 valence electrons. The molecule has 3 aromatic rings. The van der Waals surface area contributed by atoms with Gasteiger partial charge in [-0.25, -0.2) is 4.98 Å². The first-order valence-corrected chi connectivity index (χ1v) is 8.98. The first-order chi connectivity index (χ1) is 12.8. The highest BCUT2D eigenvalue weighted by Crippen LogP contribution is 2.29. The van der Waals surface area contributed by atoms with Gasteiger partial charge in [0.2, 0.25) is 5.95 Å². The third-order valence-electron chi connectivity index (χ3n) is 4.61. The number of hydrogen-bond donors (Lipinski definition) is 3. The van der Waals surface area contributed by atoms with E-state index in [1.807, 2.05) is 24.4 Å². The standard InChI is InChI=1S/C20H23N5O/c1-14-2-4-16(5-3-14)24-20-22-12-18(15-8-11-26-13-15)19(25-20)23-17-6-9-21-10-7-17/h2-5,8,11-13,17,21H,6-7,9-10H2,1H3,(H2,22,23,24,25). The molecule has 26 heavy (non-hydrogen) atoms. The third kappa shape index (κ3) is 3.86. The molecule has 3 heterocycles. The zero-order chi connectivity index (χ0) is 17.8. The molecule has 0 aliphatic carbocycles. The molecule has 0 bridgehead atoms. The Morgan fingerprint density at radius 1 is 1.12 bits per heavy atom. The molecule has 0 spiro atoms. The minimum absolute atomic E-state index is 0.407.